The molecule has 96 valence electrons. The molecule has 0 spiro atoms. The maximum Gasteiger partial charge on any atom is 0.312 e. The summed E-state index contributed by atoms with van der Waals surface area (Å²) in [6.45, 7) is 0.0671. The molecule has 1 aromatic rings. The van der Waals surface area contributed by atoms with Gasteiger partial charge < -0.3 is 11.1 Å². The fourth-order valence-corrected chi connectivity index (χ4v) is 1.21. The van der Waals surface area contributed by atoms with Gasteiger partial charge in [0, 0.05) is 12.6 Å². The molecule has 0 unspecified atom stereocenters. The van der Waals surface area contributed by atoms with Crippen molar-refractivity contribution in [1.29, 1.82) is 0 Å². The number of primary amides is 1. The van der Waals surface area contributed by atoms with Gasteiger partial charge in [-0.2, -0.15) is 0 Å². The van der Waals surface area contributed by atoms with Gasteiger partial charge in [-0.05, 0) is 11.6 Å². The number of benzene rings is 1. The molecule has 0 saturated carbocycles. The van der Waals surface area contributed by atoms with Crippen molar-refractivity contribution in [1.82, 2.24) is 10.4 Å². The number of nitrogens with one attached hydrogen (secondary N) is 1. The predicted molar refractivity (Wildman–Crippen MR) is 66.6 cm³/mol. The lowest BCUT2D eigenvalue weighted by Gasteiger charge is -2.12. The Bertz CT molecular complexity index is 431. The second-order valence-corrected chi connectivity index (χ2v) is 3.50. The summed E-state index contributed by atoms with van der Waals surface area (Å²) < 4.78 is 0. The Labute approximate surface area is 105 Å². The standard InChI is InChI=1S/C12H15N3O3/c13-12(17)14-8-9-15(18)11(16)7-6-10-4-2-1-3-5-10/h1-7,18H,8-9H2,(H3,13,14,17). The van der Waals surface area contributed by atoms with Crippen molar-refractivity contribution in [3.63, 3.8) is 0 Å². The monoisotopic (exact) mass is 249 g/mol. The number of nitrogens with zero attached hydrogens (tertiary/aromatic N) is 1. The van der Waals surface area contributed by atoms with Crippen LogP contribution in [0.3, 0.4) is 0 Å². The summed E-state index contributed by atoms with van der Waals surface area (Å²) in [7, 11) is 0. The Morgan fingerprint density at radius 3 is 2.61 bits per heavy atom. The van der Waals surface area contributed by atoms with Gasteiger partial charge in [0.1, 0.15) is 0 Å². The van der Waals surface area contributed by atoms with Gasteiger partial charge in [0.15, 0.2) is 0 Å². The van der Waals surface area contributed by atoms with Crippen molar-refractivity contribution in [2.24, 2.45) is 5.73 Å². The van der Waals surface area contributed by atoms with Crippen LogP contribution >= 0.6 is 0 Å². The molecule has 4 N–H and O–H groups in total. The van der Waals surface area contributed by atoms with Crippen molar-refractivity contribution in [3.8, 4) is 0 Å². The number of carbonyl (C=O) groups excluding carboxylic acids is 2. The average molecular weight is 249 g/mol. The zero-order valence-electron chi connectivity index (χ0n) is 9.74. The summed E-state index contributed by atoms with van der Waals surface area (Å²) in [5.41, 5.74) is 5.70. The number of hydroxylamine groups is 2. The molecule has 0 aliphatic rings. The number of nitrogens with two attached hydrogens (primary N) is 1. The Morgan fingerprint density at radius 2 is 2.00 bits per heavy atom. The molecule has 6 heteroatoms. The van der Waals surface area contributed by atoms with Gasteiger partial charge in [-0.1, -0.05) is 30.3 Å². The second kappa shape index (κ2) is 7.08. The fourth-order valence-electron chi connectivity index (χ4n) is 1.21. The number of carbonyl (C=O) groups is 2. The summed E-state index contributed by atoms with van der Waals surface area (Å²) in [5, 5.41) is 12.1. The van der Waals surface area contributed by atoms with Crippen LogP contribution in [0.2, 0.25) is 0 Å². The van der Waals surface area contributed by atoms with Gasteiger partial charge in [-0.3, -0.25) is 10.0 Å². The van der Waals surface area contributed by atoms with Gasteiger partial charge >= 0.3 is 6.03 Å². The van der Waals surface area contributed by atoms with Gasteiger partial charge in [-0.15, -0.1) is 0 Å². The van der Waals surface area contributed by atoms with Crippen LogP contribution in [-0.2, 0) is 4.79 Å². The molecule has 0 saturated heterocycles. The van der Waals surface area contributed by atoms with E-state index in [1.807, 2.05) is 30.3 Å². The number of rotatable bonds is 5. The Balaban J connectivity index is 2.40. The predicted octanol–water partition coefficient (Wildman–Crippen LogP) is 0.586. The normalized spacial score (nSPS) is 10.3. The third kappa shape index (κ3) is 5.13. The Morgan fingerprint density at radius 1 is 1.33 bits per heavy atom. The van der Waals surface area contributed by atoms with E-state index in [-0.39, 0.29) is 13.1 Å². The van der Waals surface area contributed by atoms with Crippen molar-refractivity contribution in [3.05, 3.63) is 42.0 Å². The molecular formula is C12H15N3O3. The first-order chi connectivity index (χ1) is 8.59. The van der Waals surface area contributed by atoms with Crippen LogP contribution in [0.25, 0.3) is 6.08 Å². The Kier molecular flexibility index (Phi) is 5.40. The van der Waals surface area contributed by atoms with E-state index in [0.29, 0.717) is 5.06 Å². The van der Waals surface area contributed by atoms with Crippen molar-refractivity contribution in [2.75, 3.05) is 13.1 Å². The van der Waals surface area contributed by atoms with Crippen LogP contribution in [0.1, 0.15) is 5.56 Å². The van der Waals surface area contributed by atoms with Crippen LogP contribution < -0.4 is 11.1 Å². The van der Waals surface area contributed by atoms with Gasteiger partial charge in [0.25, 0.3) is 5.91 Å². The quantitative estimate of drug-likeness (QED) is 0.405. The second-order valence-electron chi connectivity index (χ2n) is 3.50. The molecule has 0 heterocycles. The molecule has 6 nitrogen and oxygen atoms in total. The van der Waals surface area contributed by atoms with Crippen LogP contribution in [-0.4, -0.2) is 35.3 Å². The molecule has 18 heavy (non-hydrogen) atoms. The first-order valence-corrected chi connectivity index (χ1v) is 5.36. The van der Waals surface area contributed by atoms with Crippen LogP contribution in [0.4, 0.5) is 4.79 Å². The summed E-state index contributed by atoms with van der Waals surface area (Å²) in [6, 6.07) is 8.53. The van der Waals surface area contributed by atoms with E-state index < -0.39 is 11.9 Å². The summed E-state index contributed by atoms with van der Waals surface area (Å²) in [4.78, 5) is 21.8. The zero-order valence-corrected chi connectivity index (χ0v) is 9.74. The van der Waals surface area contributed by atoms with E-state index in [9.17, 15) is 14.8 Å². The molecule has 0 aliphatic heterocycles. The summed E-state index contributed by atoms with van der Waals surface area (Å²) >= 11 is 0. The first kappa shape index (κ1) is 13.7. The molecule has 0 aliphatic carbocycles. The Hall–Kier alpha value is -2.34. The number of hydrogen-bond donors (Lipinski definition) is 3. The first-order valence-electron chi connectivity index (χ1n) is 5.36. The highest BCUT2D eigenvalue weighted by Crippen LogP contribution is 2.01. The topological polar surface area (TPSA) is 95.7 Å². The van der Waals surface area contributed by atoms with E-state index >= 15 is 0 Å². The molecule has 1 aromatic carbocycles. The minimum Gasteiger partial charge on any atom is -0.352 e. The van der Waals surface area contributed by atoms with E-state index in [4.69, 9.17) is 5.73 Å². The highest BCUT2D eigenvalue weighted by atomic mass is 16.5. The highest BCUT2D eigenvalue weighted by molar-refractivity contribution is 5.90. The molecule has 0 atom stereocenters. The molecule has 3 amide bonds. The third-order valence-electron chi connectivity index (χ3n) is 2.10. The van der Waals surface area contributed by atoms with E-state index in [1.54, 1.807) is 6.08 Å². The minimum absolute atomic E-state index is 0.0269. The molecular weight excluding hydrogens is 234 g/mol. The lowest BCUT2D eigenvalue weighted by molar-refractivity contribution is -0.158. The van der Waals surface area contributed by atoms with E-state index in [1.165, 1.54) is 6.08 Å². The molecule has 0 bridgehead atoms. The zero-order chi connectivity index (χ0) is 13.4. The number of urea groups is 1. The maximum absolute atomic E-state index is 11.4. The van der Waals surface area contributed by atoms with Crippen molar-refractivity contribution >= 4 is 18.0 Å². The van der Waals surface area contributed by atoms with Crippen LogP contribution in [0, 0.1) is 0 Å². The van der Waals surface area contributed by atoms with Crippen LogP contribution in [0.5, 0.6) is 0 Å². The van der Waals surface area contributed by atoms with Crippen molar-refractivity contribution < 1.29 is 14.8 Å². The van der Waals surface area contributed by atoms with E-state index in [2.05, 4.69) is 5.32 Å². The largest absolute Gasteiger partial charge is 0.352 e. The van der Waals surface area contributed by atoms with Crippen molar-refractivity contribution in [2.45, 2.75) is 0 Å². The average Bonchev–Trinajstić information content (AvgIpc) is 2.36. The van der Waals surface area contributed by atoms with Gasteiger partial charge in [0.05, 0.1) is 6.54 Å². The SMILES string of the molecule is NC(=O)NCCN(O)C(=O)C=Cc1ccccc1. The molecule has 0 aromatic heterocycles. The summed E-state index contributed by atoms with van der Waals surface area (Å²) in [6.07, 6.45) is 2.84. The fraction of sp³-hybridized carbons (Fsp3) is 0.167. The highest BCUT2D eigenvalue weighted by Gasteiger charge is 2.06. The molecule has 0 radical (unpaired) electrons. The lowest BCUT2D eigenvalue weighted by Crippen LogP contribution is -2.38. The lowest BCUT2D eigenvalue weighted by atomic mass is 10.2. The van der Waals surface area contributed by atoms with Crippen LogP contribution in [0.15, 0.2) is 36.4 Å². The molecule has 0 fully saturated rings. The third-order valence-corrected chi connectivity index (χ3v) is 2.10. The van der Waals surface area contributed by atoms with E-state index in [0.717, 1.165) is 5.56 Å². The summed E-state index contributed by atoms with van der Waals surface area (Å²) in [5.74, 6) is -0.565. The minimum atomic E-state index is -0.698. The number of amides is 3. The maximum atomic E-state index is 11.4. The number of hydrogen-bond acceptors (Lipinski definition) is 3. The van der Waals surface area contributed by atoms with Gasteiger partial charge in [-0.25, -0.2) is 9.86 Å². The van der Waals surface area contributed by atoms with Gasteiger partial charge in [0.2, 0.25) is 0 Å². The smallest absolute Gasteiger partial charge is 0.312 e. The molecule has 1 rings (SSSR count).